The molecule has 0 N–H and O–H groups in total. The molecular formula is C13H15F2NO3. The molecule has 1 aromatic rings. The third kappa shape index (κ3) is 3.64. The van der Waals surface area contributed by atoms with E-state index in [0.717, 1.165) is 0 Å². The van der Waals surface area contributed by atoms with Crippen LogP contribution in [0.15, 0.2) is 18.2 Å². The molecule has 1 aliphatic rings. The fraction of sp³-hybridized carbons (Fsp3) is 0.462. The predicted molar refractivity (Wildman–Crippen MR) is 64.5 cm³/mol. The van der Waals surface area contributed by atoms with Crippen LogP contribution in [0.3, 0.4) is 0 Å². The van der Waals surface area contributed by atoms with Gasteiger partial charge < -0.3 is 14.4 Å². The molecular weight excluding hydrogens is 256 g/mol. The largest absolute Gasteiger partial charge is 0.435 e. The topological polar surface area (TPSA) is 38.8 Å². The zero-order valence-corrected chi connectivity index (χ0v) is 10.6. The number of hydrogen-bond donors (Lipinski definition) is 0. The summed E-state index contributed by atoms with van der Waals surface area (Å²) >= 11 is 0. The first kappa shape index (κ1) is 13.7. The summed E-state index contributed by atoms with van der Waals surface area (Å²) in [5.41, 5.74) is 1.06. The van der Waals surface area contributed by atoms with Crippen molar-refractivity contribution in [3.63, 3.8) is 0 Å². The monoisotopic (exact) mass is 271 g/mol. The van der Waals surface area contributed by atoms with Gasteiger partial charge in [0.2, 0.25) is 0 Å². The maximum absolute atomic E-state index is 12.2. The first-order chi connectivity index (χ1) is 9.06. The van der Waals surface area contributed by atoms with E-state index in [1.807, 2.05) is 0 Å². The quantitative estimate of drug-likeness (QED) is 0.844. The summed E-state index contributed by atoms with van der Waals surface area (Å²) in [6, 6.07) is 4.48. The third-order valence-electron chi connectivity index (χ3n) is 2.82. The van der Waals surface area contributed by atoms with Crippen LogP contribution in [-0.4, -0.2) is 43.7 Å². The van der Waals surface area contributed by atoms with Gasteiger partial charge in [0, 0.05) is 18.7 Å². The molecule has 1 amide bonds. The zero-order valence-electron chi connectivity index (χ0n) is 10.6. The molecule has 2 rings (SSSR count). The Balaban J connectivity index is 2.18. The van der Waals surface area contributed by atoms with Crippen LogP contribution in [0.1, 0.15) is 15.9 Å². The summed E-state index contributed by atoms with van der Waals surface area (Å²) in [6.45, 7) is 0.855. The number of carbonyl (C=O) groups excluding carboxylic acids is 1. The molecule has 104 valence electrons. The molecule has 1 aliphatic heterocycles. The van der Waals surface area contributed by atoms with E-state index in [1.165, 1.54) is 12.1 Å². The van der Waals surface area contributed by atoms with Crippen LogP contribution >= 0.6 is 0 Å². The van der Waals surface area contributed by atoms with E-state index >= 15 is 0 Å². The van der Waals surface area contributed by atoms with E-state index in [0.29, 0.717) is 37.4 Å². The van der Waals surface area contributed by atoms with Crippen LogP contribution in [0.25, 0.3) is 0 Å². The minimum atomic E-state index is -2.90. The average Bonchev–Trinajstić information content (AvgIpc) is 2.37. The van der Waals surface area contributed by atoms with Crippen LogP contribution in [0.2, 0.25) is 0 Å². The number of alkyl halides is 2. The van der Waals surface area contributed by atoms with Crippen molar-refractivity contribution in [2.24, 2.45) is 0 Å². The van der Waals surface area contributed by atoms with E-state index in [1.54, 1.807) is 17.9 Å². The lowest BCUT2D eigenvalue weighted by Crippen LogP contribution is -2.40. The molecule has 1 fully saturated rings. The Labute approximate surface area is 109 Å². The lowest BCUT2D eigenvalue weighted by molar-refractivity contribution is -0.0499. The zero-order chi connectivity index (χ0) is 13.8. The fourth-order valence-corrected chi connectivity index (χ4v) is 1.99. The highest BCUT2D eigenvalue weighted by Crippen LogP contribution is 2.20. The number of aryl methyl sites for hydroxylation is 1. The van der Waals surface area contributed by atoms with Crippen molar-refractivity contribution in [3.05, 3.63) is 29.3 Å². The van der Waals surface area contributed by atoms with Crippen molar-refractivity contribution in [1.82, 2.24) is 4.90 Å². The van der Waals surface area contributed by atoms with Crippen LogP contribution < -0.4 is 4.74 Å². The summed E-state index contributed by atoms with van der Waals surface area (Å²) < 4.78 is 33.9. The normalized spacial score (nSPS) is 15.7. The Bertz CT molecular complexity index is 459. The van der Waals surface area contributed by atoms with Crippen molar-refractivity contribution >= 4 is 5.91 Å². The van der Waals surface area contributed by atoms with Gasteiger partial charge in [0.15, 0.2) is 0 Å². The van der Waals surface area contributed by atoms with Gasteiger partial charge in [-0.25, -0.2) is 0 Å². The predicted octanol–water partition coefficient (Wildman–Crippen LogP) is 2.07. The highest BCUT2D eigenvalue weighted by molar-refractivity contribution is 5.94. The molecule has 0 spiro atoms. The first-order valence-electron chi connectivity index (χ1n) is 6.00. The number of ether oxygens (including phenoxy) is 2. The summed E-state index contributed by atoms with van der Waals surface area (Å²) in [5.74, 6) is -0.183. The van der Waals surface area contributed by atoms with Gasteiger partial charge >= 0.3 is 6.61 Å². The molecule has 1 saturated heterocycles. The molecule has 0 aromatic heterocycles. The van der Waals surface area contributed by atoms with Gasteiger partial charge in [-0.2, -0.15) is 8.78 Å². The molecule has 0 unspecified atom stereocenters. The lowest BCUT2D eigenvalue weighted by atomic mass is 10.1. The number of rotatable bonds is 3. The molecule has 1 aromatic carbocycles. The van der Waals surface area contributed by atoms with Crippen molar-refractivity contribution in [1.29, 1.82) is 0 Å². The van der Waals surface area contributed by atoms with Crippen LogP contribution in [0, 0.1) is 6.92 Å². The first-order valence-corrected chi connectivity index (χ1v) is 6.00. The highest BCUT2D eigenvalue weighted by Gasteiger charge is 2.19. The molecule has 0 aliphatic carbocycles. The van der Waals surface area contributed by atoms with Crippen molar-refractivity contribution in [2.45, 2.75) is 13.5 Å². The van der Waals surface area contributed by atoms with E-state index in [2.05, 4.69) is 4.74 Å². The Morgan fingerprint density at radius 1 is 1.32 bits per heavy atom. The lowest BCUT2D eigenvalue weighted by Gasteiger charge is -2.27. The van der Waals surface area contributed by atoms with E-state index in [-0.39, 0.29) is 11.7 Å². The second-order valence-electron chi connectivity index (χ2n) is 4.32. The van der Waals surface area contributed by atoms with Crippen LogP contribution in [0.4, 0.5) is 8.78 Å². The van der Waals surface area contributed by atoms with Gasteiger partial charge in [0.1, 0.15) is 5.75 Å². The van der Waals surface area contributed by atoms with Gasteiger partial charge in [-0.1, -0.05) is 0 Å². The molecule has 6 heteroatoms. The van der Waals surface area contributed by atoms with Gasteiger partial charge in [-0.15, -0.1) is 0 Å². The number of nitrogens with zero attached hydrogens (tertiary/aromatic N) is 1. The second-order valence-corrected chi connectivity index (χ2v) is 4.32. The maximum Gasteiger partial charge on any atom is 0.387 e. The van der Waals surface area contributed by atoms with Crippen LogP contribution in [0.5, 0.6) is 5.75 Å². The molecule has 0 radical (unpaired) electrons. The number of morpholine rings is 1. The summed E-state index contributed by atoms with van der Waals surface area (Å²) in [5, 5.41) is 0. The molecule has 0 atom stereocenters. The van der Waals surface area contributed by atoms with E-state index in [9.17, 15) is 13.6 Å². The molecule has 0 saturated carbocycles. The Morgan fingerprint density at radius 3 is 2.63 bits per heavy atom. The molecule has 19 heavy (non-hydrogen) atoms. The molecule has 0 bridgehead atoms. The minimum Gasteiger partial charge on any atom is -0.435 e. The summed E-state index contributed by atoms with van der Waals surface area (Å²) in [6.07, 6.45) is 0. The van der Waals surface area contributed by atoms with Crippen LogP contribution in [-0.2, 0) is 4.74 Å². The Hall–Kier alpha value is -1.69. The molecule has 1 heterocycles. The van der Waals surface area contributed by atoms with E-state index in [4.69, 9.17) is 4.74 Å². The Kier molecular flexibility index (Phi) is 4.31. The number of hydrogen-bond acceptors (Lipinski definition) is 3. The number of amides is 1. The number of benzene rings is 1. The van der Waals surface area contributed by atoms with Gasteiger partial charge in [0.25, 0.3) is 5.91 Å². The smallest absolute Gasteiger partial charge is 0.387 e. The maximum atomic E-state index is 12.2. The minimum absolute atomic E-state index is 0.00612. The Morgan fingerprint density at radius 2 is 2.00 bits per heavy atom. The SMILES string of the molecule is Cc1cc(OC(F)F)cc(C(=O)N2CCOCC2)c1. The highest BCUT2D eigenvalue weighted by atomic mass is 19.3. The molecule has 4 nitrogen and oxygen atoms in total. The van der Waals surface area contributed by atoms with Crippen molar-refractivity contribution in [2.75, 3.05) is 26.3 Å². The van der Waals surface area contributed by atoms with Crippen molar-refractivity contribution < 1.29 is 23.0 Å². The standard InChI is InChI=1S/C13H15F2NO3/c1-9-6-10(8-11(7-9)19-13(14)15)12(17)16-2-4-18-5-3-16/h6-8,13H,2-5H2,1H3. The van der Waals surface area contributed by atoms with Gasteiger partial charge in [0.05, 0.1) is 13.2 Å². The van der Waals surface area contributed by atoms with E-state index < -0.39 is 6.61 Å². The summed E-state index contributed by atoms with van der Waals surface area (Å²) in [7, 11) is 0. The third-order valence-corrected chi connectivity index (χ3v) is 2.82. The summed E-state index contributed by atoms with van der Waals surface area (Å²) in [4.78, 5) is 13.9. The van der Waals surface area contributed by atoms with Crippen molar-refractivity contribution in [3.8, 4) is 5.75 Å². The van der Waals surface area contributed by atoms with Gasteiger partial charge in [-0.05, 0) is 30.7 Å². The second kappa shape index (κ2) is 5.97. The average molecular weight is 271 g/mol. The van der Waals surface area contributed by atoms with Gasteiger partial charge in [-0.3, -0.25) is 4.79 Å². The number of halogens is 2. The fourth-order valence-electron chi connectivity index (χ4n) is 1.99. The number of carbonyl (C=O) groups is 1.